The molecule has 0 aliphatic carbocycles. The van der Waals surface area contributed by atoms with Gasteiger partial charge in [-0.25, -0.2) is 4.79 Å². The van der Waals surface area contributed by atoms with Crippen molar-refractivity contribution in [3.8, 4) is 5.75 Å². The minimum atomic E-state index is -0.346. The van der Waals surface area contributed by atoms with Crippen molar-refractivity contribution in [2.45, 2.75) is 32.2 Å². The highest BCUT2D eigenvalue weighted by molar-refractivity contribution is 6.04. The van der Waals surface area contributed by atoms with Crippen molar-refractivity contribution in [3.63, 3.8) is 0 Å². The van der Waals surface area contributed by atoms with Gasteiger partial charge in [0, 0.05) is 68.8 Å². The highest BCUT2D eigenvalue weighted by Gasteiger charge is 2.22. The van der Waals surface area contributed by atoms with Gasteiger partial charge in [0.05, 0.1) is 0 Å². The van der Waals surface area contributed by atoms with Gasteiger partial charge in [-0.05, 0) is 80.0 Å². The van der Waals surface area contributed by atoms with Crippen LogP contribution in [-0.2, 0) is 13.0 Å². The van der Waals surface area contributed by atoms with Gasteiger partial charge in [-0.2, -0.15) is 0 Å². The molecule has 0 spiro atoms. The summed E-state index contributed by atoms with van der Waals surface area (Å²) >= 11 is 0. The van der Waals surface area contributed by atoms with Gasteiger partial charge >= 0.3 is 6.09 Å². The molecule has 3 aromatic rings. The van der Waals surface area contributed by atoms with Gasteiger partial charge in [0.25, 0.3) is 5.91 Å². The molecular weight excluding hydrogens is 490 g/mol. The number of benzene rings is 2. The van der Waals surface area contributed by atoms with Crippen molar-refractivity contribution < 1.29 is 14.3 Å². The van der Waals surface area contributed by atoms with Crippen LogP contribution in [0.4, 0.5) is 10.5 Å². The molecule has 2 aromatic carbocycles. The van der Waals surface area contributed by atoms with Gasteiger partial charge in [0.1, 0.15) is 5.75 Å². The second kappa shape index (κ2) is 13.4. The first-order chi connectivity index (χ1) is 19.1. The third-order valence-electron chi connectivity index (χ3n) is 7.43. The monoisotopic (exact) mass is 527 g/mol. The molecule has 8 nitrogen and oxygen atoms in total. The molecule has 3 heterocycles. The van der Waals surface area contributed by atoms with E-state index in [-0.39, 0.29) is 12.0 Å². The molecule has 39 heavy (non-hydrogen) atoms. The van der Waals surface area contributed by atoms with Crippen molar-refractivity contribution >= 4 is 17.7 Å². The second-order valence-electron chi connectivity index (χ2n) is 10.3. The number of nitrogens with zero attached hydrogens (tertiary/aromatic N) is 4. The fourth-order valence-corrected chi connectivity index (χ4v) is 5.08. The van der Waals surface area contributed by atoms with E-state index in [0.717, 1.165) is 51.4 Å². The quantitative estimate of drug-likeness (QED) is 0.459. The van der Waals surface area contributed by atoms with E-state index in [0.29, 0.717) is 30.1 Å². The fourth-order valence-electron chi connectivity index (χ4n) is 5.08. The van der Waals surface area contributed by atoms with Gasteiger partial charge < -0.3 is 15.0 Å². The molecule has 2 fully saturated rings. The van der Waals surface area contributed by atoms with E-state index in [1.807, 2.05) is 48.7 Å². The summed E-state index contributed by atoms with van der Waals surface area (Å²) in [5.74, 6) is 0.294. The molecule has 1 N–H and O–H groups in total. The number of anilines is 1. The van der Waals surface area contributed by atoms with Crippen LogP contribution in [-0.4, -0.2) is 77.5 Å². The first kappa shape index (κ1) is 26.8. The van der Waals surface area contributed by atoms with Crippen LogP contribution in [0.1, 0.15) is 40.9 Å². The zero-order valence-electron chi connectivity index (χ0n) is 22.4. The number of piperidine rings is 1. The number of carbonyl (C=O) groups is 2. The maximum Gasteiger partial charge on any atom is 0.415 e. The number of piperazine rings is 1. The average Bonchev–Trinajstić information content (AvgIpc) is 2.99. The SMILES string of the molecule is O=C(Nc1ccc(OC(=O)N2CCN(CCc3ccccn3)CC2)cc1)c1ccc(CN2CCCCC2)cc1. The summed E-state index contributed by atoms with van der Waals surface area (Å²) in [6.07, 6.45) is 6.23. The van der Waals surface area contributed by atoms with E-state index in [1.54, 1.807) is 29.2 Å². The van der Waals surface area contributed by atoms with Gasteiger partial charge in [-0.15, -0.1) is 0 Å². The number of ether oxygens (including phenoxy) is 1. The van der Waals surface area contributed by atoms with Crippen LogP contribution in [0.2, 0.25) is 0 Å². The Morgan fingerprint density at radius 3 is 2.23 bits per heavy atom. The first-order valence-corrected chi connectivity index (χ1v) is 13.9. The molecule has 5 rings (SSSR count). The molecule has 2 saturated heterocycles. The van der Waals surface area contributed by atoms with E-state index in [9.17, 15) is 9.59 Å². The van der Waals surface area contributed by atoms with Crippen molar-refractivity contribution in [2.75, 3.05) is 51.1 Å². The number of hydrogen-bond acceptors (Lipinski definition) is 6. The molecule has 2 aliphatic heterocycles. The van der Waals surface area contributed by atoms with E-state index < -0.39 is 0 Å². The van der Waals surface area contributed by atoms with E-state index in [1.165, 1.54) is 24.8 Å². The molecule has 0 saturated carbocycles. The van der Waals surface area contributed by atoms with Crippen molar-refractivity contribution in [2.24, 2.45) is 0 Å². The summed E-state index contributed by atoms with van der Waals surface area (Å²) in [6, 6.07) is 20.7. The predicted molar refractivity (Wildman–Crippen MR) is 152 cm³/mol. The zero-order valence-corrected chi connectivity index (χ0v) is 22.4. The normalized spacial score (nSPS) is 16.6. The van der Waals surface area contributed by atoms with Gasteiger partial charge in [-0.3, -0.25) is 19.6 Å². The highest BCUT2D eigenvalue weighted by atomic mass is 16.6. The Morgan fingerprint density at radius 1 is 0.795 bits per heavy atom. The lowest BCUT2D eigenvalue weighted by Crippen LogP contribution is -2.49. The van der Waals surface area contributed by atoms with Gasteiger partial charge in [0.15, 0.2) is 0 Å². The summed E-state index contributed by atoms with van der Waals surface area (Å²) < 4.78 is 5.58. The molecular formula is C31H37N5O3. The molecule has 1 aromatic heterocycles. The Labute approximate surface area is 230 Å². The molecule has 0 bridgehead atoms. The highest BCUT2D eigenvalue weighted by Crippen LogP contribution is 2.19. The average molecular weight is 528 g/mol. The maximum atomic E-state index is 12.7. The summed E-state index contributed by atoms with van der Waals surface area (Å²) in [5.41, 5.74) is 3.58. The third kappa shape index (κ3) is 7.88. The first-order valence-electron chi connectivity index (χ1n) is 13.9. The number of likely N-dealkylation sites (tertiary alicyclic amines) is 1. The molecule has 2 aliphatic rings. The van der Waals surface area contributed by atoms with Gasteiger partial charge in [0.2, 0.25) is 0 Å². The van der Waals surface area contributed by atoms with Crippen molar-refractivity contribution in [1.82, 2.24) is 19.7 Å². The third-order valence-corrected chi connectivity index (χ3v) is 7.43. The van der Waals surface area contributed by atoms with Crippen LogP contribution < -0.4 is 10.1 Å². The molecule has 2 amide bonds. The lowest BCUT2D eigenvalue weighted by Gasteiger charge is -2.33. The number of amides is 2. The lowest BCUT2D eigenvalue weighted by molar-refractivity contribution is 0.102. The summed E-state index contributed by atoms with van der Waals surface area (Å²) in [6.45, 7) is 7.05. The molecule has 8 heteroatoms. The van der Waals surface area contributed by atoms with Crippen LogP contribution in [0.3, 0.4) is 0 Å². The number of aromatic nitrogens is 1. The number of carbonyl (C=O) groups excluding carboxylic acids is 2. The summed E-state index contributed by atoms with van der Waals surface area (Å²) in [7, 11) is 0. The number of pyridine rings is 1. The Morgan fingerprint density at radius 2 is 1.54 bits per heavy atom. The lowest BCUT2D eigenvalue weighted by atomic mass is 10.1. The van der Waals surface area contributed by atoms with Crippen molar-refractivity contribution in [1.29, 1.82) is 0 Å². The van der Waals surface area contributed by atoms with Crippen LogP contribution in [0.5, 0.6) is 5.75 Å². The Kier molecular flexibility index (Phi) is 9.19. The van der Waals surface area contributed by atoms with Crippen LogP contribution >= 0.6 is 0 Å². The maximum absolute atomic E-state index is 12.7. The van der Waals surface area contributed by atoms with E-state index >= 15 is 0 Å². The van der Waals surface area contributed by atoms with Gasteiger partial charge in [-0.1, -0.05) is 24.6 Å². The molecule has 0 unspecified atom stereocenters. The predicted octanol–water partition coefficient (Wildman–Crippen LogP) is 4.68. The van der Waals surface area contributed by atoms with Crippen LogP contribution in [0.25, 0.3) is 0 Å². The number of nitrogens with one attached hydrogen (secondary N) is 1. The molecule has 0 atom stereocenters. The minimum absolute atomic E-state index is 0.162. The van der Waals surface area contributed by atoms with Crippen LogP contribution in [0, 0.1) is 0 Å². The molecule has 0 radical (unpaired) electrons. The Bertz CT molecular complexity index is 1200. The summed E-state index contributed by atoms with van der Waals surface area (Å²) in [5, 5.41) is 2.92. The Hall–Kier alpha value is -3.75. The zero-order chi connectivity index (χ0) is 26.9. The number of rotatable bonds is 8. The summed E-state index contributed by atoms with van der Waals surface area (Å²) in [4.78, 5) is 36.3. The smallest absolute Gasteiger partial charge is 0.410 e. The molecule has 204 valence electrons. The topological polar surface area (TPSA) is 78.0 Å². The largest absolute Gasteiger partial charge is 0.415 e. The van der Waals surface area contributed by atoms with Crippen molar-refractivity contribution in [3.05, 3.63) is 89.7 Å². The van der Waals surface area contributed by atoms with E-state index in [2.05, 4.69) is 20.1 Å². The van der Waals surface area contributed by atoms with E-state index in [4.69, 9.17) is 4.74 Å². The minimum Gasteiger partial charge on any atom is -0.410 e. The second-order valence-corrected chi connectivity index (χ2v) is 10.3. The fraction of sp³-hybridized carbons (Fsp3) is 0.387. The number of hydrogen-bond donors (Lipinski definition) is 1. The standard InChI is InChI=1S/C31H37N5O3/c37-30(26-9-7-25(8-10-26)24-35-17-4-1-5-18-35)33-28-11-13-29(14-12-28)39-31(38)36-22-20-34(21-23-36)19-15-27-6-2-3-16-32-27/h2-3,6-14,16H,1,4-5,15,17-24H2,(H,33,37). The van der Waals surface area contributed by atoms with Crippen LogP contribution in [0.15, 0.2) is 72.9 Å². The Balaban J connectivity index is 1.04.